The quantitative estimate of drug-likeness (QED) is 0.420. The van der Waals surface area contributed by atoms with E-state index in [9.17, 15) is 9.18 Å². The molecule has 0 saturated heterocycles. The smallest absolute Gasteiger partial charge is 0.263 e. The van der Waals surface area contributed by atoms with Crippen LogP contribution in [0, 0.1) is 12.7 Å². The van der Waals surface area contributed by atoms with Gasteiger partial charge in [0.2, 0.25) is 0 Å². The van der Waals surface area contributed by atoms with Crippen LogP contribution in [0.5, 0.6) is 0 Å². The fourth-order valence-electron chi connectivity index (χ4n) is 3.93. The number of aryl methyl sites for hydroxylation is 1. The van der Waals surface area contributed by atoms with Crippen LogP contribution in [0.4, 0.5) is 4.39 Å². The number of fused-ring (bicyclic) bond motifs is 5. The van der Waals surface area contributed by atoms with E-state index < -0.39 is 0 Å². The molecule has 1 aromatic heterocycles. The molecule has 0 spiro atoms. The number of hydrogen-bond acceptors (Lipinski definition) is 1. The third-order valence-corrected chi connectivity index (χ3v) is 5.18. The van der Waals surface area contributed by atoms with Crippen molar-refractivity contribution in [2.75, 3.05) is 0 Å². The van der Waals surface area contributed by atoms with Crippen LogP contribution in [-0.4, -0.2) is 4.57 Å². The molecule has 1 aliphatic carbocycles. The highest BCUT2D eigenvalue weighted by molar-refractivity contribution is 5.94. The summed E-state index contributed by atoms with van der Waals surface area (Å²) in [6.07, 6.45) is 0.706. The van der Waals surface area contributed by atoms with Gasteiger partial charge in [-0.3, -0.25) is 9.36 Å². The molecule has 3 aromatic carbocycles. The third-order valence-electron chi connectivity index (χ3n) is 5.18. The van der Waals surface area contributed by atoms with Crippen molar-refractivity contribution in [2.24, 2.45) is 0 Å². The lowest BCUT2D eigenvalue weighted by Gasteiger charge is -2.16. The zero-order valence-corrected chi connectivity index (χ0v) is 14.3. The number of rotatable bonds is 1. The maximum absolute atomic E-state index is 14.0. The first-order valence-electron chi connectivity index (χ1n) is 8.66. The van der Waals surface area contributed by atoms with E-state index in [1.54, 1.807) is 10.6 Å². The fraction of sp³-hybridized carbons (Fsp3) is 0.0870. The molecule has 0 radical (unpaired) electrons. The van der Waals surface area contributed by atoms with Crippen LogP contribution in [0.25, 0.3) is 27.7 Å². The molecule has 1 aliphatic rings. The average molecular weight is 341 g/mol. The second-order valence-corrected chi connectivity index (χ2v) is 6.83. The predicted molar refractivity (Wildman–Crippen MR) is 102 cm³/mol. The summed E-state index contributed by atoms with van der Waals surface area (Å²) in [4.78, 5) is 13.3. The van der Waals surface area contributed by atoms with Crippen molar-refractivity contribution >= 4 is 10.8 Å². The molecule has 126 valence electrons. The lowest BCUT2D eigenvalue weighted by atomic mass is 10.0. The van der Waals surface area contributed by atoms with Crippen LogP contribution in [0.15, 0.2) is 71.5 Å². The van der Waals surface area contributed by atoms with Gasteiger partial charge in [0.25, 0.3) is 5.56 Å². The first-order valence-corrected chi connectivity index (χ1v) is 8.66. The zero-order chi connectivity index (χ0) is 17.8. The van der Waals surface area contributed by atoms with Gasteiger partial charge in [0, 0.05) is 23.1 Å². The minimum absolute atomic E-state index is 0.0692. The number of pyridine rings is 1. The standard InChI is InChI=1S/C23H16FNO/c1-14-6-10-17(11-7-14)25-22-20-13-16(24)9-8-15(20)12-21(22)18-4-2-3-5-19(18)23(25)26/h2-11,13H,12H2,1H3. The van der Waals surface area contributed by atoms with E-state index in [0.717, 1.165) is 39.0 Å². The minimum atomic E-state index is -0.285. The molecule has 0 amide bonds. The average Bonchev–Trinajstić information content (AvgIpc) is 3.02. The van der Waals surface area contributed by atoms with E-state index in [1.807, 2.05) is 61.5 Å². The zero-order valence-electron chi connectivity index (χ0n) is 14.3. The first-order chi connectivity index (χ1) is 12.6. The van der Waals surface area contributed by atoms with Gasteiger partial charge in [-0.25, -0.2) is 4.39 Å². The summed E-state index contributed by atoms with van der Waals surface area (Å²) in [5.74, 6) is -0.285. The Morgan fingerprint density at radius 3 is 2.42 bits per heavy atom. The molecule has 5 rings (SSSR count). The molecule has 1 heterocycles. The van der Waals surface area contributed by atoms with Gasteiger partial charge in [-0.1, -0.05) is 42.0 Å². The first kappa shape index (κ1) is 15.1. The van der Waals surface area contributed by atoms with Gasteiger partial charge in [0.05, 0.1) is 5.69 Å². The predicted octanol–water partition coefficient (Wildman–Crippen LogP) is 5.01. The molecule has 26 heavy (non-hydrogen) atoms. The van der Waals surface area contributed by atoms with Crippen molar-refractivity contribution in [3.63, 3.8) is 0 Å². The van der Waals surface area contributed by atoms with Crippen molar-refractivity contribution in [3.05, 3.63) is 99.6 Å². The van der Waals surface area contributed by atoms with E-state index in [0.29, 0.717) is 11.8 Å². The van der Waals surface area contributed by atoms with Gasteiger partial charge in [0.15, 0.2) is 0 Å². The Morgan fingerprint density at radius 1 is 0.923 bits per heavy atom. The Hall–Kier alpha value is -3.20. The Kier molecular flexibility index (Phi) is 3.13. The van der Waals surface area contributed by atoms with Crippen LogP contribution in [0.3, 0.4) is 0 Å². The van der Waals surface area contributed by atoms with Gasteiger partial charge in [0.1, 0.15) is 5.82 Å². The van der Waals surface area contributed by atoms with Crippen molar-refractivity contribution in [2.45, 2.75) is 13.3 Å². The summed E-state index contributed by atoms with van der Waals surface area (Å²) in [6.45, 7) is 2.02. The molecular formula is C23H16FNO. The molecule has 0 N–H and O–H groups in total. The lowest BCUT2D eigenvalue weighted by molar-refractivity contribution is 0.628. The van der Waals surface area contributed by atoms with Crippen molar-refractivity contribution in [1.82, 2.24) is 4.57 Å². The Balaban J connectivity index is 1.97. The van der Waals surface area contributed by atoms with Crippen LogP contribution in [0.2, 0.25) is 0 Å². The number of halogens is 1. The molecule has 4 aromatic rings. The number of nitrogens with zero attached hydrogens (tertiary/aromatic N) is 1. The molecule has 0 aliphatic heterocycles. The number of aromatic nitrogens is 1. The van der Waals surface area contributed by atoms with Crippen LogP contribution < -0.4 is 5.56 Å². The summed E-state index contributed by atoms with van der Waals surface area (Å²) in [6, 6.07) is 20.4. The van der Waals surface area contributed by atoms with Crippen LogP contribution in [0.1, 0.15) is 16.7 Å². The van der Waals surface area contributed by atoms with Gasteiger partial charge in [-0.05, 0) is 53.8 Å². The van der Waals surface area contributed by atoms with Crippen LogP contribution >= 0.6 is 0 Å². The van der Waals surface area contributed by atoms with Crippen molar-refractivity contribution in [3.8, 4) is 16.9 Å². The normalized spacial score (nSPS) is 12.2. The van der Waals surface area contributed by atoms with Crippen molar-refractivity contribution in [1.29, 1.82) is 0 Å². The summed E-state index contributed by atoms with van der Waals surface area (Å²) in [7, 11) is 0. The highest BCUT2D eigenvalue weighted by Crippen LogP contribution is 2.40. The fourth-order valence-corrected chi connectivity index (χ4v) is 3.93. The van der Waals surface area contributed by atoms with Gasteiger partial charge >= 0.3 is 0 Å². The highest BCUT2D eigenvalue weighted by Gasteiger charge is 2.26. The van der Waals surface area contributed by atoms with Gasteiger partial charge in [-0.15, -0.1) is 0 Å². The molecule has 0 saturated carbocycles. The second kappa shape index (κ2) is 5.40. The van der Waals surface area contributed by atoms with E-state index in [1.165, 1.54) is 6.07 Å². The third kappa shape index (κ3) is 2.07. The molecule has 0 atom stereocenters. The topological polar surface area (TPSA) is 22.0 Å². The Labute approximate surface area is 150 Å². The Bertz CT molecular complexity index is 1240. The van der Waals surface area contributed by atoms with E-state index in [-0.39, 0.29) is 11.4 Å². The summed E-state index contributed by atoms with van der Waals surface area (Å²) in [5, 5.41) is 1.65. The Morgan fingerprint density at radius 2 is 1.65 bits per heavy atom. The van der Waals surface area contributed by atoms with Gasteiger partial charge < -0.3 is 0 Å². The lowest BCUT2D eigenvalue weighted by Crippen LogP contribution is -2.21. The molecule has 0 bridgehead atoms. The second-order valence-electron chi connectivity index (χ2n) is 6.83. The van der Waals surface area contributed by atoms with Crippen LogP contribution in [-0.2, 0) is 6.42 Å². The monoisotopic (exact) mass is 341 g/mol. The summed E-state index contributed by atoms with van der Waals surface area (Å²) in [5.41, 5.74) is 5.63. The molecule has 3 heteroatoms. The SMILES string of the molecule is Cc1ccc(-n2c3c(c4ccccc4c2=O)Cc2ccc(F)cc2-3)cc1. The van der Waals surface area contributed by atoms with E-state index in [4.69, 9.17) is 0 Å². The number of hydrogen-bond donors (Lipinski definition) is 0. The molecule has 2 nitrogen and oxygen atoms in total. The maximum Gasteiger partial charge on any atom is 0.263 e. The summed E-state index contributed by atoms with van der Waals surface area (Å²) < 4.78 is 15.7. The minimum Gasteiger partial charge on any atom is -0.276 e. The van der Waals surface area contributed by atoms with E-state index in [2.05, 4.69) is 0 Å². The van der Waals surface area contributed by atoms with Gasteiger partial charge in [-0.2, -0.15) is 0 Å². The molecule has 0 fully saturated rings. The maximum atomic E-state index is 14.0. The number of benzene rings is 3. The highest BCUT2D eigenvalue weighted by atomic mass is 19.1. The van der Waals surface area contributed by atoms with E-state index >= 15 is 0 Å². The van der Waals surface area contributed by atoms with Crippen molar-refractivity contribution < 1.29 is 4.39 Å². The summed E-state index contributed by atoms with van der Waals surface area (Å²) >= 11 is 0. The largest absolute Gasteiger partial charge is 0.276 e. The molecular weight excluding hydrogens is 325 g/mol. The molecule has 0 unspecified atom stereocenters.